The minimum Gasteiger partial charge on any atom is -0.497 e. The molecule has 0 unspecified atom stereocenters. The number of carbonyl (C=O) groups is 1. The predicted octanol–water partition coefficient (Wildman–Crippen LogP) is 1.89. The molecule has 0 spiro atoms. The fourth-order valence-electron chi connectivity index (χ4n) is 1.84. The molecule has 8 nitrogen and oxygen atoms in total. The van der Waals surface area contributed by atoms with Crippen LogP contribution in [0.5, 0.6) is 5.75 Å². The zero-order valence-corrected chi connectivity index (χ0v) is 12.6. The number of aromatic amines is 1. The third-order valence-electron chi connectivity index (χ3n) is 2.91. The molecule has 0 radical (unpaired) electrons. The first kappa shape index (κ1) is 14.1. The molecule has 22 heavy (non-hydrogen) atoms. The van der Waals surface area contributed by atoms with Crippen molar-refractivity contribution in [1.29, 1.82) is 0 Å². The van der Waals surface area contributed by atoms with Gasteiger partial charge in [0.2, 0.25) is 0 Å². The van der Waals surface area contributed by atoms with Gasteiger partial charge in [-0.2, -0.15) is 5.21 Å². The number of hydrogen-bond acceptors (Lipinski definition) is 7. The van der Waals surface area contributed by atoms with Gasteiger partial charge in [-0.1, -0.05) is 5.10 Å². The molecular formula is C13H12N6O2S. The van der Waals surface area contributed by atoms with Crippen molar-refractivity contribution in [1.82, 2.24) is 25.6 Å². The average Bonchev–Trinajstić information content (AvgIpc) is 3.17. The normalized spacial score (nSPS) is 10.5. The molecule has 3 rings (SSSR count). The molecule has 112 valence electrons. The maximum Gasteiger partial charge on any atom is 0.270 e. The van der Waals surface area contributed by atoms with Crippen molar-refractivity contribution >= 4 is 23.2 Å². The summed E-state index contributed by atoms with van der Waals surface area (Å²) < 4.78 is 5.13. The second kappa shape index (κ2) is 5.90. The molecule has 0 aliphatic heterocycles. The molecule has 0 atom stereocenters. The van der Waals surface area contributed by atoms with Crippen molar-refractivity contribution in [2.24, 2.45) is 0 Å². The van der Waals surface area contributed by atoms with Crippen LogP contribution in [0.25, 0.3) is 10.6 Å². The number of benzene rings is 1. The van der Waals surface area contributed by atoms with Gasteiger partial charge < -0.3 is 4.74 Å². The van der Waals surface area contributed by atoms with E-state index < -0.39 is 0 Å². The van der Waals surface area contributed by atoms with E-state index in [4.69, 9.17) is 4.74 Å². The molecule has 1 amide bonds. The highest BCUT2D eigenvalue weighted by Gasteiger charge is 2.17. The smallest absolute Gasteiger partial charge is 0.270 e. The zero-order valence-electron chi connectivity index (χ0n) is 11.8. The molecule has 0 saturated heterocycles. The molecule has 0 aliphatic carbocycles. The highest BCUT2D eigenvalue weighted by molar-refractivity contribution is 7.17. The van der Waals surface area contributed by atoms with E-state index >= 15 is 0 Å². The number of thiazole rings is 1. The second-order valence-electron chi connectivity index (χ2n) is 4.35. The summed E-state index contributed by atoms with van der Waals surface area (Å²) in [6, 6.07) is 7.51. The summed E-state index contributed by atoms with van der Waals surface area (Å²) in [5.41, 5.74) is 1.57. The lowest BCUT2D eigenvalue weighted by Gasteiger charge is -2.00. The number of nitrogens with zero attached hydrogens (tertiary/aromatic N) is 4. The van der Waals surface area contributed by atoms with Crippen LogP contribution >= 0.6 is 11.3 Å². The largest absolute Gasteiger partial charge is 0.497 e. The van der Waals surface area contributed by atoms with E-state index in [1.165, 1.54) is 11.3 Å². The SMILES string of the molecule is COc1ccc(-c2nc(C)c(C(=O)Nc3nn[nH]n3)s2)cc1. The quantitative estimate of drug-likeness (QED) is 0.761. The first-order valence-electron chi connectivity index (χ1n) is 6.34. The fraction of sp³-hybridized carbons (Fsp3) is 0.154. The van der Waals surface area contributed by atoms with Gasteiger partial charge in [0, 0.05) is 5.56 Å². The molecule has 0 aliphatic rings. The van der Waals surface area contributed by atoms with Gasteiger partial charge in [0.15, 0.2) is 0 Å². The van der Waals surface area contributed by atoms with Gasteiger partial charge in [0.1, 0.15) is 15.6 Å². The zero-order chi connectivity index (χ0) is 15.5. The topological polar surface area (TPSA) is 106 Å². The van der Waals surface area contributed by atoms with E-state index in [1.54, 1.807) is 14.0 Å². The lowest BCUT2D eigenvalue weighted by molar-refractivity contribution is 0.102. The summed E-state index contributed by atoms with van der Waals surface area (Å²) in [4.78, 5) is 17.1. The Hall–Kier alpha value is -2.81. The highest BCUT2D eigenvalue weighted by Crippen LogP contribution is 2.29. The number of amides is 1. The third-order valence-corrected chi connectivity index (χ3v) is 4.12. The summed E-state index contributed by atoms with van der Waals surface area (Å²) in [6.07, 6.45) is 0. The van der Waals surface area contributed by atoms with Gasteiger partial charge in [-0.05, 0) is 36.4 Å². The van der Waals surface area contributed by atoms with Gasteiger partial charge in [-0.15, -0.1) is 16.4 Å². The molecule has 0 saturated carbocycles. The molecule has 9 heteroatoms. The van der Waals surface area contributed by atoms with E-state index in [2.05, 4.69) is 30.9 Å². The minimum atomic E-state index is -0.309. The van der Waals surface area contributed by atoms with Crippen molar-refractivity contribution in [2.45, 2.75) is 6.92 Å². The lowest BCUT2D eigenvalue weighted by Crippen LogP contribution is -2.12. The maximum atomic E-state index is 12.2. The highest BCUT2D eigenvalue weighted by atomic mass is 32.1. The Kier molecular flexibility index (Phi) is 3.79. The summed E-state index contributed by atoms with van der Waals surface area (Å²) >= 11 is 1.31. The van der Waals surface area contributed by atoms with Crippen LogP contribution in [-0.4, -0.2) is 38.6 Å². The fourth-order valence-corrected chi connectivity index (χ4v) is 2.80. The molecule has 1 aromatic carbocycles. The van der Waals surface area contributed by atoms with Crippen LogP contribution in [0.2, 0.25) is 0 Å². The van der Waals surface area contributed by atoms with Crippen LogP contribution in [0.15, 0.2) is 24.3 Å². The van der Waals surface area contributed by atoms with Crippen LogP contribution in [0.3, 0.4) is 0 Å². The van der Waals surface area contributed by atoms with Crippen LogP contribution in [-0.2, 0) is 0 Å². The molecule has 2 heterocycles. The number of aryl methyl sites for hydroxylation is 1. The molecule has 2 N–H and O–H groups in total. The van der Waals surface area contributed by atoms with E-state index in [-0.39, 0.29) is 11.9 Å². The Morgan fingerprint density at radius 2 is 2.09 bits per heavy atom. The number of ether oxygens (including phenoxy) is 1. The predicted molar refractivity (Wildman–Crippen MR) is 81.0 cm³/mol. The third kappa shape index (κ3) is 2.79. The Balaban J connectivity index is 1.84. The van der Waals surface area contributed by atoms with Gasteiger partial charge >= 0.3 is 0 Å². The van der Waals surface area contributed by atoms with E-state index in [0.717, 1.165) is 16.3 Å². The molecular weight excluding hydrogens is 304 g/mol. The van der Waals surface area contributed by atoms with Crippen molar-refractivity contribution in [3.8, 4) is 16.3 Å². The maximum absolute atomic E-state index is 12.2. The lowest BCUT2D eigenvalue weighted by atomic mass is 10.2. The number of rotatable bonds is 4. The van der Waals surface area contributed by atoms with E-state index in [0.29, 0.717) is 10.6 Å². The van der Waals surface area contributed by atoms with Crippen molar-refractivity contribution in [3.05, 3.63) is 34.8 Å². The van der Waals surface area contributed by atoms with Crippen molar-refractivity contribution in [3.63, 3.8) is 0 Å². The standard InChI is InChI=1S/C13H12N6O2S/c1-7-10(11(20)15-13-16-18-19-17-13)22-12(14-7)8-3-5-9(21-2)6-4-8/h3-6H,1-2H3,(H2,15,16,17,18,19,20). The van der Waals surface area contributed by atoms with Crippen LogP contribution in [0.4, 0.5) is 5.95 Å². The molecule has 2 aromatic heterocycles. The van der Waals surface area contributed by atoms with E-state index in [1.807, 2.05) is 24.3 Å². The second-order valence-corrected chi connectivity index (χ2v) is 5.35. The van der Waals surface area contributed by atoms with Crippen molar-refractivity contribution in [2.75, 3.05) is 12.4 Å². The Morgan fingerprint density at radius 1 is 1.32 bits per heavy atom. The molecule has 0 fully saturated rings. The number of H-pyrrole nitrogens is 1. The monoisotopic (exact) mass is 316 g/mol. The van der Waals surface area contributed by atoms with Gasteiger partial charge in [0.05, 0.1) is 12.8 Å². The van der Waals surface area contributed by atoms with E-state index in [9.17, 15) is 4.79 Å². The Morgan fingerprint density at radius 3 is 2.73 bits per heavy atom. The van der Waals surface area contributed by atoms with Gasteiger partial charge in [-0.25, -0.2) is 4.98 Å². The van der Waals surface area contributed by atoms with Crippen molar-refractivity contribution < 1.29 is 9.53 Å². The summed E-state index contributed by atoms with van der Waals surface area (Å²) in [5.74, 6) is 0.590. The summed E-state index contributed by atoms with van der Waals surface area (Å²) in [5, 5.41) is 16.4. The molecule has 3 aromatic rings. The average molecular weight is 316 g/mol. The van der Waals surface area contributed by atoms with Crippen LogP contribution in [0, 0.1) is 6.92 Å². The van der Waals surface area contributed by atoms with Gasteiger partial charge in [-0.3, -0.25) is 10.1 Å². The number of tetrazole rings is 1. The Labute approximate surface area is 129 Å². The number of hydrogen-bond donors (Lipinski definition) is 2. The number of nitrogens with one attached hydrogen (secondary N) is 2. The first-order valence-corrected chi connectivity index (χ1v) is 7.15. The number of anilines is 1. The minimum absolute atomic E-state index is 0.129. The van der Waals surface area contributed by atoms with Crippen LogP contribution in [0.1, 0.15) is 15.4 Å². The Bertz CT molecular complexity index is 781. The molecule has 0 bridgehead atoms. The van der Waals surface area contributed by atoms with Crippen LogP contribution < -0.4 is 10.1 Å². The first-order chi connectivity index (χ1) is 10.7. The number of methoxy groups -OCH3 is 1. The summed E-state index contributed by atoms with van der Waals surface area (Å²) in [6.45, 7) is 1.79. The van der Waals surface area contributed by atoms with Gasteiger partial charge in [0.25, 0.3) is 11.9 Å². The summed E-state index contributed by atoms with van der Waals surface area (Å²) in [7, 11) is 1.61. The number of aromatic nitrogens is 5. The number of carbonyl (C=O) groups excluding carboxylic acids is 1.